The molecule has 4 nitrogen and oxygen atoms in total. The third kappa shape index (κ3) is 3.33. The standard InChI is InChI=1S/C15H16FNO3S/c1-3-11-6-4-5-7-14(11)17-21(18,19)12-8-9-15(20-2)13(16)10-12/h4-10,17H,3H2,1-2H3. The van der Waals surface area contributed by atoms with Gasteiger partial charge >= 0.3 is 0 Å². The van der Waals surface area contributed by atoms with Crippen LogP contribution in [0.15, 0.2) is 47.4 Å². The highest BCUT2D eigenvalue weighted by Crippen LogP contribution is 2.24. The Balaban J connectivity index is 2.36. The molecule has 2 aromatic rings. The van der Waals surface area contributed by atoms with E-state index in [9.17, 15) is 12.8 Å². The average Bonchev–Trinajstić information content (AvgIpc) is 2.47. The number of methoxy groups -OCH3 is 1. The molecule has 0 aromatic heterocycles. The zero-order valence-electron chi connectivity index (χ0n) is 11.8. The van der Waals surface area contributed by atoms with Crippen LogP contribution in [0.4, 0.5) is 10.1 Å². The fourth-order valence-electron chi connectivity index (χ4n) is 1.95. The fraction of sp³-hybridized carbons (Fsp3) is 0.200. The van der Waals surface area contributed by atoms with Gasteiger partial charge in [-0.1, -0.05) is 25.1 Å². The van der Waals surface area contributed by atoms with Crippen molar-refractivity contribution in [1.29, 1.82) is 0 Å². The maximum Gasteiger partial charge on any atom is 0.262 e. The van der Waals surface area contributed by atoms with Gasteiger partial charge in [0.2, 0.25) is 0 Å². The minimum atomic E-state index is -3.84. The summed E-state index contributed by atoms with van der Waals surface area (Å²) >= 11 is 0. The first kappa shape index (κ1) is 15.3. The lowest BCUT2D eigenvalue weighted by Crippen LogP contribution is -2.14. The Labute approximate surface area is 123 Å². The van der Waals surface area contributed by atoms with Gasteiger partial charge in [-0.2, -0.15) is 0 Å². The quantitative estimate of drug-likeness (QED) is 0.923. The summed E-state index contributed by atoms with van der Waals surface area (Å²) in [7, 11) is -2.52. The van der Waals surface area contributed by atoms with E-state index in [1.807, 2.05) is 19.1 Å². The second-order valence-corrected chi connectivity index (χ2v) is 6.09. The zero-order chi connectivity index (χ0) is 15.5. The number of rotatable bonds is 5. The van der Waals surface area contributed by atoms with Gasteiger partial charge < -0.3 is 4.74 Å². The molecule has 0 bridgehead atoms. The number of halogens is 1. The highest BCUT2D eigenvalue weighted by atomic mass is 32.2. The molecule has 2 aromatic carbocycles. The van der Waals surface area contributed by atoms with Crippen LogP contribution in [0.25, 0.3) is 0 Å². The highest BCUT2D eigenvalue weighted by Gasteiger charge is 2.17. The summed E-state index contributed by atoms with van der Waals surface area (Å²) in [5.74, 6) is -0.716. The van der Waals surface area contributed by atoms with Crippen LogP contribution < -0.4 is 9.46 Å². The molecule has 1 N–H and O–H groups in total. The predicted molar refractivity (Wildman–Crippen MR) is 79.6 cm³/mol. The summed E-state index contributed by atoms with van der Waals surface area (Å²) in [6.07, 6.45) is 0.690. The molecule has 0 radical (unpaired) electrons. The van der Waals surface area contributed by atoms with Crippen molar-refractivity contribution < 1.29 is 17.5 Å². The number of benzene rings is 2. The van der Waals surface area contributed by atoms with E-state index in [4.69, 9.17) is 4.74 Å². The van der Waals surface area contributed by atoms with Gasteiger partial charge in [0.1, 0.15) is 0 Å². The van der Waals surface area contributed by atoms with E-state index < -0.39 is 15.8 Å². The van der Waals surface area contributed by atoms with Crippen LogP contribution in [0.1, 0.15) is 12.5 Å². The van der Waals surface area contributed by atoms with Gasteiger partial charge in [0.25, 0.3) is 10.0 Å². The van der Waals surface area contributed by atoms with E-state index in [1.54, 1.807) is 12.1 Å². The monoisotopic (exact) mass is 309 g/mol. The molecule has 0 amide bonds. The van der Waals surface area contributed by atoms with E-state index in [2.05, 4.69) is 4.72 Å². The molecule has 6 heteroatoms. The molecule has 0 unspecified atom stereocenters. The highest BCUT2D eigenvalue weighted by molar-refractivity contribution is 7.92. The maximum atomic E-state index is 13.6. The number of ether oxygens (including phenoxy) is 1. The zero-order valence-corrected chi connectivity index (χ0v) is 12.6. The summed E-state index contributed by atoms with van der Waals surface area (Å²) in [6.45, 7) is 1.93. The number of anilines is 1. The molecule has 0 spiro atoms. The second-order valence-electron chi connectivity index (χ2n) is 4.41. The molecular weight excluding hydrogens is 293 g/mol. The lowest BCUT2D eigenvalue weighted by molar-refractivity contribution is 0.385. The summed E-state index contributed by atoms with van der Waals surface area (Å²) in [5, 5.41) is 0. The first-order valence-electron chi connectivity index (χ1n) is 6.42. The van der Waals surface area contributed by atoms with Crippen LogP contribution in [0.5, 0.6) is 5.75 Å². The van der Waals surface area contributed by atoms with Crippen molar-refractivity contribution in [3.05, 3.63) is 53.8 Å². The largest absolute Gasteiger partial charge is 0.494 e. The third-order valence-corrected chi connectivity index (χ3v) is 4.44. The van der Waals surface area contributed by atoms with Gasteiger partial charge in [-0.25, -0.2) is 12.8 Å². The Morgan fingerprint density at radius 2 is 1.90 bits per heavy atom. The third-order valence-electron chi connectivity index (χ3n) is 3.08. The van der Waals surface area contributed by atoms with Crippen LogP contribution in [0, 0.1) is 5.82 Å². The lowest BCUT2D eigenvalue weighted by atomic mass is 10.1. The van der Waals surface area contributed by atoms with Crippen LogP contribution in [-0.2, 0) is 16.4 Å². The SMILES string of the molecule is CCc1ccccc1NS(=O)(=O)c1ccc(OC)c(F)c1. The van der Waals surface area contributed by atoms with Crippen LogP contribution in [0.2, 0.25) is 0 Å². The number of para-hydroxylation sites is 1. The number of sulfonamides is 1. The summed E-state index contributed by atoms with van der Waals surface area (Å²) in [6, 6.07) is 10.6. The number of hydrogen-bond acceptors (Lipinski definition) is 3. The van der Waals surface area contributed by atoms with Crippen LogP contribution in [0.3, 0.4) is 0 Å². The van der Waals surface area contributed by atoms with E-state index >= 15 is 0 Å². The Morgan fingerprint density at radius 3 is 2.52 bits per heavy atom. The second kappa shape index (κ2) is 6.13. The van der Waals surface area contributed by atoms with Crippen molar-refractivity contribution in [2.45, 2.75) is 18.2 Å². The van der Waals surface area contributed by atoms with E-state index in [0.717, 1.165) is 11.6 Å². The number of nitrogens with one attached hydrogen (secondary N) is 1. The molecule has 0 saturated heterocycles. The number of aryl methyl sites for hydroxylation is 1. The van der Waals surface area contributed by atoms with Crippen molar-refractivity contribution in [2.75, 3.05) is 11.8 Å². The van der Waals surface area contributed by atoms with Crippen molar-refractivity contribution in [2.24, 2.45) is 0 Å². The Kier molecular flexibility index (Phi) is 4.47. The molecule has 0 saturated carbocycles. The molecule has 0 atom stereocenters. The molecule has 0 aliphatic rings. The fourth-order valence-corrected chi connectivity index (χ4v) is 3.06. The molecule has 0 aliphatic heterocycles. The smallest absolute Gasteiger partial charge is 0.262 e. The first-order valence-corrected chi connectivity index (χ1v) is 7.90. The minimum absolute atomic E-state index is 0.00269. The van der Waals surface area contributed by atoms with Gasteiger partial charge in [-0.3, -0.25) is 4.72 Å². The van der Waals surface area contributed by atoms with Gasteiger partial charge in [-0.15, -0.1) is 0 Å². The van der Waals surface area contributed by atoms with Crippen LogP contribution >= 0.6 is 0 Å². The maximum absolute atomic E-state index is 13.6. The van der Waals surface area contributed by atoms with Crippen molar-refractivity contribution in [3.8, 4) is 5.75 Å². The topological polar surface area (TPSA) is 55.4 Å². The van der Waals surface area contributed by atoms with E-state index in [1.165, 1.54) is 19.2 Å². The van der Waals surface area contributed by atoms with Gasteiger partial charge in [0.15, 0.2) is 11.6 Å². The van der Waals surface area contributed by atoms with E-state index in [0.29, 0.717) is 12.1 Å². The molecule has 112 valence electrons. The normalized spacial score (nSPS) is 11.2. The molecule has 21 heavy (non-hydrogen) atoms. The van der Waals surface area contributed by atoms with Gasteiger partial charge in [-0.05, 0) is 36.2 Å². The molecular formula is C15H16FNO3S. The lowest BCUT2D eigenvalue weighted by Gasteiger charge is -2.12. The molecule has 0 aliphatic carbocycles. The predicted octanol–water partition coefficient (Wildman–Crippen LogP) is 3.20. The molecule has 0 fully saturated rings. The van der Waals surface area contributed by atoms with Gasteiger partial charge in [0, 0.05) is 0 Å². The van der Waals surface area contributed by atoms with E-state index in [-0.39, 0.29) is 10.6 Å². The van der Waals surface area contributed by atoms with Crippen molar-refractivity contribution in [1.82, 2.24) is 0 Å². The van der Waals surface area contributed by atoms with Crippen molar-refractivity contribution in [3.63, 3.8) is 0 Å². The Morgan fingerprint density at radius 1 is 1.19 bits per heavy atom. The van der Waals surface area contributed by atoms with Gasteiger partial charge in [0.05, 0.1) is 17.7 Å². The van der Waals surface area contributed by atoms with Crippen molar-refractivity contribution >= 4 is 15.7 Å². The number of hydrogen-bond donors (Lipinski definition) is 1. The molecule has 2 rings (SSSR count). The first-order chi connectivity index (χ1) is 9.97. The summed E-state index contributed by atoms with van der Waals surface area (Å²) in [5.41, 5.74) is 1.37. The Hall–Kier alpha value is -2.08. The summed E-state index contributed by atoms with van der Waals surface area (Å²) in [4.78, 5) is -0.147. The Bertz CT molecular complexity index is 744. The minimum Gasteiger partial charge on any atom is -0.494 e. The van der Waals surface area contributed by atoms with Crippen LogP contribution in [-0.4, -0.2) is 15.5 Å². The molecule has 0 heterocycles. The summed E-state index contributed by atoms with van der Waals surface area (Å²) < 4.78 is 45.5. The average molecular weight is 309 g/mol.